The third-order valence-electron chi connectivity index (χ3n) is 4.74. The Hall–Kier alpha value is -2.86. The molecule has 2 aromatic carbocycles. The van der Waals surface area contributed by atoms with Crippen LogP contribution in [0.25, 0.3) is 10.9 Å². The van der Waals surface area contributed by atoms with Crippen LogP contribution in [0.1, 0.15) is 23.1 Å². The number of hydrogen-bond donors (Lipinski definition) is 1. The number of primary amides is 1. The van der Waals surface area contributed by atoms with E-state index in [1.54, 1.807) is 6.20 Å². The van der Waals surface area contributed by atoms with Crippen LogP contribution in [0.2, 0.25) is 5.02 Å². The van der Waals surface area contributed by atoms with E-state index in [1.807, 2.05) is 41.3 Å². The van der Waals surface area contributed by atoms with Crippen molar-refractivity contribution in [3.05, 3.63) is 64.3 Å². The lowest BCUT2D eigenvalue weighted by atomic mass is 10.0. The molecule has 0 fully saturated rings. The summed E-state index contributed by atoms with van der Waals surface area (Å²) in [5.41, 5.74) is 8.93. The lowest BCUT2D eigenvalue weighted by Crippen LogP contribution is -2.28. The summed E-state index contributed by atoms with van der Waals surface area (Å²) in [5, 5.41) is 5.26. The summed E-state index contributed by atoms with van der Waals surface area (Å²) in [5.74, 6) is 0.0941. The van der Waals surface area contributed by atoms with Crippen molar-refractivity contribution in [1.82, 2.24) is 14.7 Å². The summed E-state index contributed by atoms with van der Waals surface area (Å²) in [6.07, 6.45) is 2.63. The van der Waals surface area contributed by atoms with E-state index in [1.165, 1.54) is 0 Å². The largest absolute Gasteiger partial charge is 0.350 e. The summed E-state index contributed by atoms with van der Waals surface area (Å²) in [4.78, 5) is 26.1. The monoisotopic (exact) mass is 368 g/mol. The second kappa shape index (κ2) is 6.46. The predicted octanol–water partition coefficient (Wildman–Crippen LogP) is 3.09. The van der Waals surface area contributed by atoms with E-state index in [0.717, 1.165) is 26.8 Å². The van der Waals surface area contributed by atoms with Crippen LogP contribution < -0.4 is 5.73 Å². The Kier molecular flexibility index (Phi) is 4.12. The molecule has 132 valence electrons. The number of rotatable bonds is 2. The maximum atomic E-state index is 12.6. The number of aryl methyl sites for hydroxylation is 1. The third-order valence-corrected chi connectivity index (χ3v) is 5.03. The molecule has 0 unspecified atom stereocenters. The number of amides is 2. The number of halogens is 1. The van der Waals surface area contributed by atoms with Crippen LogP contribution in [0.4, 0.5) is 4.79 Å². The van der Waals surface area contributed by atoms with Gasteiger partial charge in [0.1, 0.15) is 0 Å². The first-order valence-corrected chi connectivity index (χ1v) is 8.72. The van der Waals surface area contributed by atoms with Crippen molar-refractivity contribution < 1.29 is 9.59 Å². The third kappa shape index (κ3) is 2.82. The lowest BCUT2D eigenvalue weighted by Gasteiger charge is -2.21. The number of fused-ring (bicyclic) bond motifs is 3. The van der Waals surface area contributed by atoms with Crippen LogP contribution in [0, 0.1) is 0 Å². The Labute approximate surface area is 155 Å². The molecule has 0 saturated carbocycles. The Balaban J connectivity index is 1.79. The molecule has 1 aliphatic rings. The van der Waals surface area contributed by atoms with Gasteiger partial charge >= 0.3 is 6.03 Å². The summed E-state index contributed by atoms with van der Waals surface area (Å²) in [6.45, 7) is 0.981. The summed E-state index contributed by atoms with van der Waals surface area (Å²) < 4.78 is 1.10. The van der Waals surface area contributed by atoms with Crippen LogP contribution in [0.5, 0.6) is 0 Å². The van der Waals surface area contributed by atoms with Crippen molar-refractivity contribution in [2.75, 3.05) is 0 Å². The molecule has 0 aliphatic carbocycles. The lowest BCUT2D eigenvalue weighted by molar-refractivity contribution is -0.132. The van der Waals surface area contributed by atoms with Gasteiger partial charge in [-0.05, 0) is 29.2 Å². The van der Waals surface area contributed by atoms with Crippen molar-refractivity contribution in [2.45, 2.75) is 25.9 Å². The van der Waals surface area contributed by atoms with Crippen LogP contribution >= 0.6 is 11.6 Å². The molecule has 6 nitrogen and oxygen atoms in total. The van der Waals surface area contributed by atoms with Crippen LogP contribution in [-0.4, -0.2) is 26.6 Å². The highest BCUT2D eigenvalue weighted by atomic mass is 35.5. The molecular weight excluding hydrogens is 352 g/mol. The van der Waals surface area contributed by atoms with Gasteiger partial charge in [-0.1, -0.05) is 41.9 Å². The number of aromatic nitrogens is 2. The molecule has 1 aromatic heterocycles. The fourth-order valence-electron chi connectivity index (χ4n) is 3.48. The number of hydrogen-bond acceptors (Lipinski definition) is 3. The van der Waals surface area contributed by atoms with Gasteiger partial charge in [0.2, 0.25) is 5.91 Å². The molecule has 4 rings (SSSR count). The van der Waals surface area contributed by atoms with E-state index in [2.05, 4.69) is 5.10 Å². The molecule has 26 heavy (non-hydrogen) atoms. The van der Waals surface area contributed by atoms with Gasteiger partial charge in [0.15, 0.2) is 0 Å². The topological polar surface area (TPSA) is 81.2 Å². The van der Waals surface area contributed by atoms with Crippen LogP contribution in [0.3, 0.4) is 0 Å². The number of carbonyl (C=O) groups is 2. The van der Waals surface area contributed by atoms with Crippen molar-refractivity contribution in [3.8, 4) is 0 Å². The Bertz CT molecular complexity index is 1010. The highest BCUT2D eigenvalue weighted by molar-refractivity contribution is 6.35. The van der Waals surface area contributed by atoms with E-state index < -0.39 is 6.03 Å². The van der Waals surface area contributed by atoms with Crippen LogP contribution in [0.15, 0.2) is 42.6 Å². The second-order valence-electron chi connectivity index (χ2n) is 6.39. The van der Waals surface area contributed by atoms with Crippen molar-refractivity contribution in [1.29, 1.82) is 0 Å². The minimum atomic E-state index is -0.687. The van der Waals surface area contributed by atoms with E-state index >= 15 is 0 Å². The predicted molar refractivity (Wildman–Crippen MR) is 98.7 cm³/mol. The van der Waals surface area contributed by atoms with E-state index in [-0.39, 0.29) is 5.91 Å². The normalized spacial score (nSPS) is 14.3. The molecule has 0 bridgehead atoms. The first-order chi connectivity index (χ1) is 12.5. The minimum absolute atomic E-state index is 0.0941. The zero-order chi connectivity index (χ0) is 18.3. The number of nitrogens with zero attached hydrogens (tertiary/aromatic N) is 3. The molecule has 2 heterocycles. The van der Waals surface area contributed by atoms with Gasteiger partial charge in [-0.3, -0.25) is 4.79 Å². The van der Waals surface area contributed by atoms with Crippen LogP contribution in [-0.2, 0) is 24.3 Å². The summed E-state index contributed by atoms with van der Waals surface area (Å²) >= 11 is 6.37. The summed E-state index contributed by atoms with van der Waals surface area (Å²) in [6, 6.07) is 11.0. The molecule has 0 atom stereocenters. The van der Waals surface area contributed by atoms with Gasteiger partial charge in [-0.25, -0.2) is 4.79 Å². The van der Waals surface area contributed by atoms with E-state index in [4.69, 9.17) is 17.3 Å². The van der Waals surface area contributed by atoms with Gasteiger partial charge in [-0.2, -0.15) is 9.78 Å². The fourth-order valence-corrected chi connectivity index (χ4v) is 3.80. The molecular formula is C19H17ClN4O2. The molecule has 1 aliphatic heterocycles. The molecule has 2 amide bonds. The smallest absolute Gasteiger partial charge is 0.340 e. The standard InChI is InChI=1S/C19H17ClN4O2/c20-16-8-13-6-7-17(25)23(10-12-4-2-1-3-5-12)11-15(13)14-9-22-24(18(14)16)19(21)26/h1-5,8-9H,6-7,10-11H2,(H2,21,26). The highest BCUT2D eigenvalue weighted by Gasteiger charge is 2.25. The maximum absolute atomic E-state index is 12.6. The minimum Gasteiger partial charge on any atom is -0.350 e. The summed E-state index contributed by atoms with van der Waals surface area (Å²) in [7, 11) is 0. The van der Waals surface area contributed by atoms with Gasteiger partial charge in [0.05, 0.1) is 16.7 Å². The van der Waals surface area contributed by atoms with Crippen molar-refractivity contribution in [3.63, 3.8) is 0 Å². The van der Waals surface area contributed by atoms with E-state index in [0.29, 0.717) is 36.5 Å². The Morgan fingerprint density at radius 3 is 2.73 bits per heavy atom. The highest BCUT2D eigenvalue weighted by Crippen LogP contribution is 2.33. The molecule has 3 aromatic rings. The molecule has 7 heteroatoms. The second-order valence-corrected chi connectivity index (χ2v) is 6.80. The molecule has 0 saturated heterocycles. The molecule has 2 N–H and O–H groups in total. The maximum Gasteiger partial charge on any atom is 0.340 e. The average molecular weight is 369 g/mol. The average Bonchev–Trinajstić information content (AvgIpc) is 3.02. The van der Waals surface area contributed by atoms with Gasteiger partial charge in [0.25, 0.3) is 0 Å². The number of benzene rings is 2. The van der Waals surface area contributed by atoms with Crippen molar-refractivity contribution in [2.24, 2.45) is 5.73 Å². The Morgan fingerprint density at radius 1 is 1.23 bits per heavy atom. The first-order valence-electron chi connectivity index (χ1n) is 8.34. The molecule has 0 radical (unpaired) electrons. The van der Waals surface area contributed by atoms with Gasteiger partial charge in [-0.15, -0.1) is 0 Å². The van der Waals surface area contributed by atoms with E-state index in [9.17, 15) is 9.59 Å². The van der Waals surface area contributed by atoms with Gasteiger partial charge < -0.3 is 10.6 Å². The zero-order valence-corrected chi connectivity index (χ0v) is 14.7. The molecule has 0 spiro atoms. The quantitative estimate of drug-likeness (QED) is 0.754. The van der Waals surface area contributed by atoms with Crippen molar-refractivity contribution >= 4 is 34.4 Å². The van der Waals surface area contributed by atoms with Gasteiger partial charge in [0, 0.05) is 24.9 Å². The SMILES string of the molecule is NC(=O)n1ncc2c3c(cc(Cl)c21)CCC(=O)N(Cc1ccccc1)C3. The number of nitrogens with two attached hydrogens (primary N) is 1. The zero-order valence-electron chi connectivity index (χ0n) is 14.0. The first kappa shape index (κ1) is 16.6. The Morgan fingerprint density at radius 2 is 2.00 bits per heavy atom. The fraction of sp³-hybridized carbons (Fsp3) is 0.211. The number of carbonyl (C=O) groups excluding carboxylic acids is 2.